The quantitative estimate of drug-likeness (QED) is 0.730. The summed E-state index contributed by atoms with van der Waals surface area (Å²) in [6, 6.07) is 8.38. The van der Waals surface area contributed by atoms with E-state index in [1.165, 1.54) is 49.3 Å². The van der Waals surface area contributed by atoms with Crippen molar-refractivity contribution in [1.29, 1.82) is 0 Å². The van der Waals surface area contributed by atoms with E-state index in [2.05, 4.69) is 21.5 Å². The van der Waals surface area contributed by atoms with Gasteiger partial charge in [-0.2, -0.15) is 0 Å². The number of hydrogen-bond acceptors (Lipinski definition) is 4. The lowest BCUT2D eigenvalue weighted by molar-refractivity contribution is 0.215. The fourth-order valence-electron chi connectivity index (χ4n) is 4.47. The largest absolute Gasteiger partial charge is 0.439 e. The Hall–Kier alpha value is -2.14. The minimum absolute atomic E-state index is 0.380. The van der Waals surface area contributed by atoms with Gasteiger partial charge in [-0.1, -0.05) is 12.1 Å². The minimum atomic E-state index is 0.380. The van der Waals surface area contributed by atoms with Crippen LogP contribution in [0, 0.1) is 0 Å². The molecule has 1 fully saturated rings. The first-order valence-corrected chi connectivity index (χ1v) is 9.42. The van der Waals surface area contributed by atoms with Gasteiger partial charge in [0.1, 0.15) is 11.3 Å². The zero-order chi connectivity index (χ0) is 16.8. The first-order chi connectivity index (χ1) is 12.3. The molecular weight excluding hydrogens is 312 g/mol. The van der Waals surface area contributed by atoms with Crippen LogP contribution in [0.25, 0.3) is 11.1 Å². The molecule has 0 radical (unpaired) electrons. The van der Waals surface area contributed by atoms with Crippen molar-refractivity contribution in [1.82, 2.24) is 19.4 Å². The second-order valence-electron chi connectivity index (χ2n) is 7.33. The number of hydrogen-bond donors (Lipinski definition) is 0. The molecule has 3 heterocycles. The lowest BCUT2D eigenvalue weighted by atomic mass is 10.0. The van der Waals surface area contributed by atoms with E-state index in [1.54, 1.807) is 0 Å². The zero-order valence-corrected chi connectivity index (χ0v) is 14.7. The summed E-state index contributed by atoms with van der Waals surface area (Å²) in [5, 5.41) is 0. The molecular formula is C20H24N4O. The summed E-state index contributed by atoms with van der Waals surface area (Å²) in [4.78, 5) is 12.2. The zero-order valence-electron chi connectivity index (χ0n) is 14.7. The van der Waals surface area contributed by atoms with Gasteiger partial charge in [0.15, 0.2) is 5.58 Å². The van der Waals surface area contributed by atoms with Gasteiger partial charge < -0.3 is 8.98 Å². The number of imidazole rings is 1. The first-order valence-electron chi connectivity index (χ1n) is 9.42. The van der Waals surface area contributed by atoms with Crippen molar-refractivity contribution in [2.24, 2.45) is 7.05 Å². The smallest absolute Gasteiger partial charge is 0.209 e. The number of aryl methyl sites for hydroxylation is 1. The van der Waals surface area contributed by atoms with Crippen LogP contribution in [0.15, 0.2) is 28.7 Å². The highest BCUT2D eigenvalue weighted by Gasteiger charge is 2.32. The summed E-state index contributed by atoms with van der Waals surface area (Å²) < 4.78 is 8.31. The molecule has 0 amide bonds. The Morgan fingerprint density at radius 3 is 2.88 bits per heavy atom. The van der Waals surface area contributed by atoms with E-state index in [9.17, 15) is 0 Å². The maximum atomic E-state index is 5.95. The number of fused-ring (bicyclic) bond motifs is 2. The third-order valence-corrected chi connectivity index (χ3v) is 5.75. The molecule has 5 heteroatoms. The Morgan fingerprint density at radius 1 is 1.12 bits per heavy atom. The molecule has 130 valence electrons. The van der Waals surface area contributed by atoms with Gasteiger partial charge in [-0.3, -0.25) is 4.90 Å². The van der Waals surface area contributed by atoms with Crippen molar-refractivity contribution >= 4 is 11.1 Å². The van der Waals surface area contributed by atoms with Gasteiger partial charge in [0.05, 0.1) is 18.3 Å². The number of para-hydroxylation sites is 2. The summed E-state index contributed by atoms with van der Waals surface area (Å²) in [5.74, 6) is 2.05. The van der Waals surface area contributed by atoms with Gasteiger partial charge in [-0.25, -0.2) is 9.97 Å². The Morgan fingerprint density at radius 2 is 2.00 bits per heavy atom. The molecule has 0 saturated carbocycles. The lowest BCUT2D eigenvalue weighted by Gasteiger charge is -2.23. The molecule has 5 rings (SSSR count). The van der Waals surface area contributed by atoms with Crippen LogP contribution in [-0.4, -0.2) is 26.0 Å². The van der Waals surface area contributed by atoms with Crippen LogP contribution >= 0.6 is 0 Å². The molecule has 0 bridgehead atoms. The average molecular weight is 336 g/mol. The third kappa shape index (κ3) is 2.58. The second-order valence-corrected chi connectivity index (χ2v) is 7.33. The average Bonchev–Trinajstić information content (AvgIpc) is 3.32. The second kappa shape index (κ2) is 5.99. The number of aromatic nitrogens is 3. The summed E-state index contributed by atoms with van der Waals surface area (Å²) in [7, 11) is 2.20. The van der Waals surface area contributed by atoms with Crippen molar-refractivity contribution in [3.05, 3.63) is 47.4 Å². The van der Waals surface area contributed by atoms with E-state index in [1.807, 2.05) is 24.3 Å². The standard InChI is InChI=1S/C20H24N4O/c1-23-16-9-4-2-7-14(16)22-20(23)17-10-6-12-24(17)13-19-21-15-8-3-5-11-18(15)25-19/h3,5,8,11,17H,2,4,6-7,9-10,12-13H2,1H3/t17-/m1/s1. The molecule has 2 aromatic heterocycles. The highest BCUT2D eigenvalue weighted by atomic mass is 16.3. The van der Waals surface area contributed by atoms with E-state index in [0.717, 1.165) is 36.5 Å². The van der Waals surface area contributed by atoms with Crippen molar-refractivity contribution in [3.8, 4) is 0 Å². The van der Waals surface area contributed by atoms with Crippen LogP contribution in [0.1, 0.15) is 54.8 Å². The van der Waals surface area contributed by atoms with Crippen molar-refractivity contribution in [2.45, 2.75) is 51.1 Å². The number of benzene rings is 1. The maximum absolute atomic E-state index is 5.95. The van der Waals surface area contributed by atoms with E-state index in [0.29, 0.717) is 6.04 Å². The SMILES string of the molecule is Cn1c([C@H]2CCCN2Cc2nc3ccccc3o2)nc2c1CCCC2. The molecule has 1 aliphatic carbocycles. The van der Waals surface area contributed by atoms with Crippen LogP contribution in [0.2, 0.25) is 0 Å². The molecule has 1 atom stereocenters. The molecule has 0 N–H and O–H groups in total. The maximum Gasteiger partial charge on any atom is 0.209 e. The van der Waals surface area contributed by atoms with Crippen LogP contribution in [-0.2, 0) is 26.4 Å². The van der Waals surface area contributed by atoms with Crippen molar-refractivity contribution in [3.63, 3.8) is 0 Å². The van der Waals surface area contributed by atoms with E-state index in [-0.39, 0.29) is 0 Å². The molecule has 0 spiro atoms. The van der Waals surface area contributed by atoms with E-state index >= 15 is 0 Å². The highest BCUT2D eigenvalue weighted by molar-refractivity contribution is 5.72. The molecule has 0 unspecified atom stereocenters. The number of nitrogens with zero attached hydrogens (tertiary/aromatic N) is 4. The number of oxazole rings is 1. The van der Waals surface area contributed by atoms with Crippen molar-refractivity contribution in [2.75, 3.05) is 6.54 Å². The minimum Gasteiger partial charge on any atom is -0.439 e. The van der Waals surface area contributed by atoms with Crippen LogP contribution < -0.4 is 0 Å². The predicted octanol–water partition coefficient (Wildman–Crippen LogP) is 3.78. The molecule has 1 aliphatic heterocycles. The summed E-state index contributed by atoms with van der Waals surface area (Å²) in [6.07, 6.45) is 7.27. The number of likely N-dealkylation sites (tertiary alicyclic amines) is 1. The van der Waals surface area contributed by atoms with Gasteiger partial charge in [-0.05, 0) is 57.2 Å². The highest BCUT2D eigenvalue weighted by Crippen LogP contribution is 2.35. The van der Waals surface area contributed by atoms with Gasteiger partial charge in [0, 0.05) is 12.7 Å². The van der Waals surface area contributed by atoms with E-state index < -0.39 is 0 Å². The molecule has 1 saturated heterocycles. The Bertz CT molecular complexity index is 877. The Labute approximate surface area is 147 Å². The predicted molar refractivity (Wildman–Crippen MR) is 96.2 cm³/mol. The normalized spacial score (nSPS) is 21.1. The summed E-state index contributed by atoms with van der Waals surface area (Å²) >= 11 is 0. The molecule has 5 nitrogen and oxygen atoms in total. The van der Waals surface area contributed by atoms with Crippen molar-refractivity contribution < 1.29 is 4.42 Å². The number of rotatable bonds is 3. The Balaban J connectivity index is 1.43. The monoisotopic (exact) mass is 336 g/mol. The van der Waals surface area contributed by atoms with Gasteiger partial charge in [-0.15, -0.1) is 0 Å². The molecule has 25 heavy (non-hydrogen) atoms. The fourth-order valence-corrected chi connectivity index (χ4v) is 4.47. The molecule has 1 aromatic carbocycles. The lowest BCUT2D eigenvalue weighted by Crippen LogP contribution is -2.25. The summed E-state index contributed by atoms with van der Waals surface area (Å²) in [6.45, 7) is 1.85. The topological polar surface area (TPSA) is 47.1 Å². The molecule has 3 aromatic rings. The summed E-state index contributed by atoms with van der Waals surface area (Å²) in [5.41, 5.74) is 4.61. The van der Waals surface area contributed by atoms with Gasteiger partial charge in [0.2, 0.25) is 5.89 Å². The molecule has 2 aliphatic rings. The third-order valence-electron chi connectivity index (χ3n) is 5.75. The van der Waals surface area contributed by atoms with Crippen LogP contribution in [0.3, 0.4) is 0 Å². The van der Waals surface area contributed by atoms with Crippen LogP contribution in [0.4, 0.5) is 0 Å². The van der Waals surface area contributed by atoms with Gasteiger partial charge >= 0.3 is 0 Å². The first kappa shape index (κ1) is 15.1. The fraction of sp³-hybridized carbons (Fsp3) is 0.500. The van der Waals surface area contributed by atoms with Gasteiger partial charge in [0.25, 0.3) is 0 Å². The van der Waals surface area contributed by atoms with Crippen LogP contribution in [0.5, 0.6) is 0 Å². The van der Waals surface area contributed by atoms with E-state index in [4.69, 9.17) is 9.40 Å². The Kier molecular flexibility index (Phi) is 3.63.